The highest BCUT2D eigenvalue weighted by molar-refractivity contribution is 6.88. The summed E-state index contributed by atoms with van der Waals surface area (Å²) >= 11 is 0. The molecule has 0 radical (unpaired) electrons. The second kappa shape index (κ2) is 7.38. The fraction of sp³-hybridized carbons (Fsp3) is 0.917. The van der Waals surface area contributed by atoms with Gasteiger partial charge in [-0.1, -0.05) is 0 Å². The molecule has 10 heteroatoms. The van der Waals surface area contributed by atoms with Crippen molar-refractivity contribution < 1.29 is 21.6 Å². The third-order valence-corrected chi connectivity index (χ3v) is 17.7. The Morgan fingerprint density at radius 1 is 0.727 bits per heavy atom. The zero-order valence-electron chi connectivity index (χ0n) is 16.0. The molecule has 0 fully saturated rings. The van der Waals surface area contributed by atoms with Crippen molar-refractivity contribution in [2.24, 2.45) is 0 Å². The summed E-state index contributed by atoms with van der Waals surface area (Å²) in [6.07, 6.45) is 0. The summed E-state index contributed by atoms with van der Waals surface area (Å²) in [7, 11) is -5.19. The van der Waals surface area contributed by atoms with Crippen molar-refractivity contribution in [2.75, 3.05) is 14.1 Å². The first-order valence-corrected chi connectivity index (χ1v) is 18.8. The van der Waals surface area contributed by atoms with Crippen LogP contribution in [0.15, 0.2) is 0 Å². The standard InChI is InChI=1S/C12H33NO5Si4/c1-12(14)15-20(6,7)17-22(10,11)18-21(8,9)16-19(4,5)13(2)3/h1-11H3. The number of carbonyl (C=O) groups excluding carboxylic acids is 1. The highest BCUT2D eigenvalue weighted by Gasteiger charge is 2.45. The SMILES string of the molecule is CC(=O)O[Si](C)(C)O[Si](C)(C)O[Si](C)(C)O[Si](C)(C)N(C)C. The molecule has 0 aliphatic heterocycles. The van der Waals surface area contributed by atoms with Gasteiger partial charge in [0.2, 0.25) is 0 Å². The average Bonchev–Trinajstić information content (AvgIpc) is 2.06. The van der Waals surface area contributed by atoms with Crippen LogP contribution in [-0.2, 0) is 21.6 Å². The molecule has 0 atom stereocenters. The van der Waals surface area contributed by atoms with Crippen molar-refractivity contribution in [3.63, 3.8) is 0 Å². The van der Waals surface area contributed by atoms with Crippen LogP contribution in [-0.4, -0.2) is 58.8 Å². The quantitative estimate of drug-likeness (QED) is 0.601. The molecule has 0 heterocycles. The van der Waals surface area contributed by atoms with Crippen LogP contribution in [0.1, 0.15) is 6.92 Å². The molecule has 0 bridgehead atoms. The Balaban J connectivity index is 4.91. The van der Waals surface area contributed by atoms with E-state index in [2.05, 4.69) is 17.7 Å². The lowest BCUT2D eigenvalue weighted by Crippen LogP contribution is -2.60. The molecular formula is C12H33NO5Si4. The van der Waals surface area contributed by atoms with E-state index in [1.807, 2.05) is 53.4 Å². The van der Waals surface area contributed by atoms with E-state index >= 15 is 0 Å². The number of nitrogens with zero attached hydrogens (tertiary/aromatic N) is 1. The van der Waals surface area contributed by atoms with E-state index in [-0.39, 0.29) is 5.97 Å². The topological polar surface area (TPSA) is 57.2 Å². The number of hydrogen-bond acceptors (Lipinski definition) is 6. The molecule has 132 valence electrons. The van der Waals surface area contributed by atoms with Crippen LogP contribution in [0.2, 0.25) is 52.4 Å². The molecule has 0 N–H and O–H groups in total. The van der Waals surface area contributed by atoms with Crippen molar-refractivity contribution in [3.05, 3.63) is 0 Å². The summed E-state index contributed by atoms with van der Waals surface area (Å²) < 4.78 is 26.3. The molecule has 0 aromatic heterocycles. The van der Waals surface area contributed by atoms with Crippen LogP contribution >= 0.6 is 0 Å². The average molecular weight is 384 g/mol. The molecule has 22 heavy (non-hydrogen) atoms. The number of hydrogen-bond donors (Lipinski definition) is 0. The first kappa shape index (κ1) is 22.2. The summed E-state index contributed by atoms with van der Waals surface area (Å²) in [5.74, 6) is -0.310. The molecule has 0 aliphatic rings. The third kappa shape index (κ3) is 8.72. The van der Waals surface area contributed by atoms with Crippen LogP contribution in [0.5, 0.6) is 0 Å². The predicted octanol–water partition coefficient (Wildman–Crippen LogP) is 2.97. The summed E-state index contributed by atoms with van der Waals surface area (Å²) in [5, 5.41) is 0. The highest BCUT2D eigenvalue weighted by atomic mass is 28.5. The molecule has 0 spiro atoms. The largest absolute Gasteiger partial charge is 0.495 e. The van der Waals surface area contributed by atoms with Gasteiger partial charge >= 0.3 is 25.7 Å². The minimum Gasteiger partial charge on any atom is -0.495 e. The van der Waals surface area contributed by atoms with Gasteiger partial charge in [-0.2, -0.15) is 0 Å². The second-order valence-electron chi connectivity index (χ2n) is 7.44. The second-order valence-corrected chi connectivity index (χ2v) is 22.3. The highest BCUT2D eigenvalue weighted by Crippen LogP contribution is 2.24. The number of carbonyl (C=O) groups is 1. The zero-order valence-corrected chi connectivity index (χ0v) is 20.0. The van der Waals surface area contributed by atoms with Crippen molar-refractivity contribution in [1.82, 2.24) is 4.57 Å². The van der Waals surface area contributed by atoms with E-state index < -0.39 is 34.2 Å². The van der Waals surface area contributed by atoms with Gasteiger partial charge in [0, 0.05) is 6.92 Å². The molecule has 0 aliphatic carbocycles. The molecule has 6 nitrogen and oxygen atoms in total. The minimum absolute atomic E-state index is 0.310. The van der Waals surface area contributed by atoms with Crippen molar-refractivity contribution in [2.45, 2.75) is 59.3 Å². The normalized spacial score (nSPS) is 14.4. The van der Waals surface area contributed by atoms with Gasteiger partial charge in [-0.05, 0) is 66.5 Å². The Morgan fingerprint density at radius 2 is 1.09 bits per heavy atom. The zero-order chi connectivity index (χ0) is 18.0. The van der Waals surface area contributed by atoms with Crippen molar-refractivity contribution in [1.29, 1.82) is 0 Å². The molecule has 0 saturated heterocycles. The van der Waals surface area contributed by atoms with E-state index in [0.717, 1.165) is 0 Å². The summed E-state index contributed by atoms with van der Waals surface area (Å²) in [6, 6.07) is 0. The van der Waals surface area contributed by atoms with Gasteiger partial charge in [-0.15, -0.1) is 0 Å². The Hall–Kier alpha value is 0.178. The van der Waals surface area contributed by atoms with Gasteiger partial charge in [-0.3, -0.25) is 4.79 Å². The number of rotatable bonds is 8. The van der Waals surface area contributed by atoms with E-state index in [4.69, 9.17) is 16.8 Å². The fourth-order valence-electron chi connectivity index (χ4n) is 2.29. The molecule has 0 unspecified atom stereocenters. The molecule has 0 amide bonds. The predicted molar refractivity (Wildman–Crippen MR) is 98.6 cm³/mol. The molecular weight excluding hydrogens is 350 g/mol. The van der Waals surface area contributed by atoms with Crippen LogP contribution in [0, 0.1) is 0 Å². The lowest BCUT2D eigenvalue weighted by atomic mass is 10.9. The maximum absolute atomic E-state index is 11.2. The third-order valence-electron chi connectivity index (χ3n) is 2.95. The van der Waals surface area contributed by atoms with Crippen LogP contribution in [0.3, 0.4) is 0 Å². The van der Waals surface area contributed by atoms with Crippen molar-refractivity contribution in [3.8, 4) is 0 Å². The van der Waals surface area contributed by atoms with Gasteiger partial charge in [0.05, 0.1) is 0 Å². The lowest BCUT2D eigenvalue weighted by Gasteiger charge is -2.41. The van der Waals surface area contributed by atoms with Gasteiger partial charge < -0.3 is 21.3 Å². The minimum atomic E-state index is -2.53. The molecule has 0 aromatic carbocycles. The Morgan fingerprint density at radius 3 is 1.45 bits per heavy atom. The molecule has 0 rings (SSSR count). The summed E-state index contributed by atoms with van der Waals surface area (Å²) in [6.45, 7) is 17.5. The van der Waals surface area contributed by atoms with Crippen LogP contribution in [0.25, 0.3) is 0 Å². The van der Waals surface area contributed by atoms with Crippen LogP contribution < -0.4 is 0 Å². The van der Waals surface area contributed by atoms with E-state index in [9.17, 15) is 4.79 Å². The van der Waals surface area contributed by atoms with E-state index in [0.29, 0.717) is 0 Å². The first-order valence-electron chi connectivity index (χ1n) is 7.46. The van der Waals surface area contributed by atoms with Gasteiger partial charge in [0.1, 0.15) is 0 Å². The van der Waals surface area contributed by atoms with Gasteiger partial charge in [0.15, 0.2) is 0 Å². The molecule has 0 saturated carbocycles. The smallest absolute Gasteiger partial charge is 0.386 e. The van der Waals surface area contributed by atoms with E-state index in [1.54, 1.807) is 0 Å². The summed E-state index contributed by atoms with van der Waals surface area (Å²) in [5.41, 5.74) is 0. The summed E-state index contributed by atoms with van der Waals surface area (Å²) in [4.78, 5) is 11.2. The maximum Gasteiger partial charge on any atom is 0.386 e. The Labute approximate surface area is 140 Å². The Bertz CT molecular complexity index is 399. The van der Waals surface area contributed by atoms with Crippen LogP contribution in [0.4, 0.5) is 0 Å². The van der Waals surface area contributed by atoms with Crippen molar-refractivity contribution >= 4 is 40.1 Å². The molecule has 0 aromatic rings. The first-order chi connectivity index (χ1) is 9.48. The fourth-order valence-corrected chi connectivity index (χ4v) is 19.2. The maximum atomic E-state index is 11.2. The monoisotopic (exact) mass is 383 g/mol. The Kier molecular flexibility index (Phi) is 7.44. The lowest BCUT2D eigenvalue weighted by molar-refractivity contribution is -0.133. The van der Waals surface area contributed by atoms with E-state index in [1.165, 1.54) is 6.92 Å². The van der Waals surface area contributed by atoms with Gasteiger partial charge in [-0.25, -0.2) is 0 Å². The van der Waals surface area contributed by atoms with Gasteiger partial charge in [0.25, 0.3) is 14.4 Å².